The Hall–Kier alpha value is -0.0800. The van der Waals surface area contributed by atoms with Gasteiger partial charge in [-0.15, -0.1) is 0 Å². The Labute approximate surface area is 94.2 Å². The number of rotatable bonds is 2. The van der Waals surface area contributed by atoms with Gasteiger partial charge in [0.15, 0.2) is 0 Å². The van der Waals surface area contributed by atoms with Gasteiger partial charge >= 0.3 is 0 Å². The van der Waals surface area contributed by atoms with Gasteiger partial charge in [0.1, 0.15) is 0 Å². The van der Waals surface area contributed by atoms with E-state index in [1.807, 2.05) is 0 Å². The lowest BCUT2D eigenvalue weighted by molar-refractivity contribution is 0.0990. The Bertz CT molecular complexity index is 193. The third-order valence-electron chi connectivity index (χ3n) is 4.34. The van der Waals surface area contributed by atoms with Gasteiger partial charge in [0.05, 0.1) is 0 Å². The van der Waals surface area contributed by atoms with Gasteiger partial charge in [0, 0.05) is 18.6 Å². The Morgan fingerprint density at radius 1 is 1.20 bits per heavy atom. The van der Waals surface area contributed by atoms with Crippen LogP contribution in [0.3, 0.4) is 0 Å². The standard InChI is InChI=1S/C13H26N2/c1-2-11-5-3-7-13(9-11)15-8-4-6-12(14)10-15/h11-13H,2-10,14H2,1H3/t11?,12-,13?/m1/s1. The fraction of sp³-hybridized carbons (Fsp3) is 1.00. The van der Waals surface area contributed by atoms with Gasteiger partial charge in [0.2, 0.25) is 0 Å². The van der Waals surface area contributed by atoms with Crippen molar-refractivity contribution in [3.05, 3.63) is 0 Å². The van der Waals surface area contributed by atoms with Crippen LogP contribution >= 0.6 is 0 Å². The summed E-state index contributed by atoms with van der Waals surface area (Å²) in [7, 11) is 0. The first kappa shape index (κ1) is 11.4. The Kier molecular flexibility index (Phi) is 4.04. The first-order valence-electron chi connectivity index (χ1n) is 6.79. The van der Waals surface area contributed by atoms with E-state index in [0.29, 0.717) is 6.04 Å². The molecule has 0 radical (unpaired) electrons. The van der Waals surface area contributed by atoms with Crippen LogP contribution in [0.2, 0.25) is 0 Å². The highest BCUT2D eigenvalue weighted by molar-refractivity contribution is 4.84. The summed E-state index contributed by atoms with van der Waals surface area (Å²) in [5.74, 6) is 0.988. The lowest BCUT2D eigenvalue weighted by atomic mass is 9.83. The number of likely N-dealkylation sites (tertiary alicyclic amines) is 1. The number of nitrogens with two attached hydrogens (primary N) is 1. The normalized spacial score (nSPS) is 39.2. The molecule has 1 aliphatic carbocycles. The summed E-state index contributed by atoms with van der Waals surface area (Å²) in [6.07, 6.45) is 9.68. The van der Waals surface area contributed by atoms with E-state index in [1.165, 1.54) is 51.5 Å². The molecular weight excluding hydrogens is 184 g/mol. The zero-order chi connectivity index (χ0) is 10.7. The molecule has 15 heavy (non-hydrogen) atoms. The highest BCUT2D eigenvalue weighted by Crippen LogP contribution is 2.30. The number of hydrogen-bond donors (Lipinski definition) is 1. The van der Waals surface area contributed by atoms with E-state index >= 15 is 0 Å². The zero-order valence-electron chi connectivity index (χ0n) is 10.1. The molecule has 0 spiro atoms. The highest BCUT2D eigenvalue weighted by atomic mass is 15.2. The van der Waals surface area contributed by atoms with Crippen molar-refractivity contribution in [2.75, 3.05) is 13.1 Å². The van der Waals surface area contributed by atoms with Crippen molar-refractivity contribution in [1.82, 2.24) is 4.90 Å². The molecule has 0 amide bonds. The second kappa shape index (κ2) is 5.31. The van der Waals surface area contributed by atoms with E-state index in [4.69, 9.17) is 5.73 Å². The Balaban J connectivity index is 1.86. The van der Waals surface area contributed by atoms with Gasteiger partial charge < -0.3 is 5.73 Å². The monoisotopic (exact) mass is 210 g/mol. The molecule has 1 saturated carbocycles. The first-order chi connectivity index (χ1) is 7.29. The zero-order valence-corrected chi connectivity index (χ0v) is 10.1. The van der Waals surface area contributed by atoms with Crippen LogP contribution in [-0.2, 0) is 0 Å². The summed E-state index contributed by atoms with van der Waals surface area (Å²) in [5.41, 5.74) is 6.06. The lowest BCUT2D eigenvalue weighted by Gasteiger charge is -2.41. The van der Waals surface area contributed by atoms with Gasteiger partial charge in [-0.1, -0.05) is 26.2 Å². The quantitative estimate of drug-likeness (QED) is 0.758. The fourth-order valence-electron chi connectivity index (χ4n) is 3.34. The number of hydrogen-bond acceptors (Lipinski definition) is 2. The van der Waals surface area contributed by atoms with Crippen LogP contribution in [0.1, 0.15) is 51.9 Å². The molecule has 2 unspecified atom stereocenters. The molecule has 88 valence electrons. The van der Waals surface area contributed by atoms with Crippen molar-refractivity contribution in [3.8, 4) is 0 Å². The summed E-state index contributed by atoms with van der Waals surface area (Å²) >= 11 is 0. The predicted octanol–water partition coefficient (Wildman–Crippen LogP) is 2.38. The van der Waals surface area contributed by atoms with E-state index in [1.54, 1.807) is 0 Å². The van der Waals surface area contributed by atoms with Crippen molar-refractivity contribution in [3.63, 3.8) is 0 Å². The molecule has 2 rings (SSSR count). The smallest absolute Gasteiger partial charge is 0.0168 e. The number of piperidine rings is 1. The average Bonchev–Trinajstić information content (AvgIpc) is 2.29. The molecule has 0 aromatic heterocycles. The van der Waals surface area contributed by atoms with Crippen molar-refractivity contribution < 1.29 is 0 Å². The van der Waals surface area contributed by atoms with E-state index in [9.17, 15) is 0 Å². The third kappa shape index (κ3) is 2.94. The molecule has 0 bridgehead atoms. The maximum atomic E-state index is 6.06. The van der Waals surface area contributed by atoms with Crippen molar-refractivity contribution in [2.45, 2.75) is 64.0 Å². The summed E-state index contributed by atoms with van der Waals surface area (Å²) in [6, 6.07) is 1.30. The van der Waals surface area contributed by atoms with Crippen molar-refractivity contribution >= 4 is 0 Å². The molecular formula is C13H26N2. The van der Waals surface area contributed by atoms with Crippen LogP contribution in [0, 0.1) is 5.92 Å². The second-order valence-corrected chi connectivity index (χ2v) is 5.49. The van der Waals surface area contributed by atoms with Gasteiger partial charge in [-0.25, -0.2) is 0 Å². The van der Waals surface area contributed by atoms with Gasteiger partial charge in [-0.2, -0.15) is 0 Å². The van der Waals surface area contributed by atoms with Crippen LogP contribution in [-0.4, -0.2) is 30.1 Å². The van der Waals surface area contributed by atoms with E-state index in [2.05, 4.69) is 11.8 Å². The van der Waals surface area contributed by atoms with Crippen molar-refractivity contribution in [2.24, 2.45) is 11.7 Å². The molecule has 3 atom stereocenters. The molecule has 2 aliphatic rings. The van der Waals surface area contributed by atoms with Crippen LogP contribution in [0.25, 0.3) is 0 Å². The van der Waals surface area contributed by atoms with Crippen LogP contribution in [0.5, 0.6) is 0 Å². The summed E-state index contributed by atoms with van der Waals surface area (Å²) in [4.78, 5) is 2.68. The van der Waals surface area contributed by atoms with E-state index < -0.39 is 0 Å². The third-order valence-corrected chi connectivity index (χ3v) is 4.34. The fourth-order valence-corrected chi connectivity index (χ4v) is 3.34. The maximum absolute atomic E-state index is 6.06. The molecule has 2 fully saturated rings. The van der Waals surface area contributed by atoms with E-state index in [0.717, 1.165) is 18.5 Å². The Morgan fingerprint density at radius 2 is 2.07 bits per heavy atom. The molecule has 1 aliphatic heterocycles. The molecule has 2 heteroatoms. The Morgan fingerprint density at radius 3 is 2.80 bits per heavy atom. The average molecular weight is 210 g/mol. The van der Waals surface area contributed by atoms with Gasteiger partial charge in [-0.3, -0.25) is 4.90 Å². The summed E-state index contributed by atoms with van der Waals surface area (Å²) < 4.78 is 0. The van der Waals surface area contributed by atoms with Crippen LogP contribution in [0.15, 0.2) is 0 Å². The molecule has 0 aromatic carbocycles. The van der Waals surface area contributed by atoms with Crippen LogP contribution in [0.4, 0.5) is 0 Å². The first-order valence-corrected chi connectivity index (χ1v) is 6.79. The minimum Gasteiger partial charge on any atom is -0.327 e. The van der Waals surface area contributed by atoms with Gasteiger partial charge in [-0.05, 0) is 38.1 Å². The van der Waals surface area contributed by atoms with E-state index in [-0.39, 0.29) is 0 Å². The summed E-state index contributed by atoms with van der Waals surface area (Å²) in [5, 5.41) is 0. The topological polar surface area (TPSA) is 29.3 Å². The lowest BCUT2D eigenvalue weighted by Crippen LogP contribution is -2.49. The molecule has 2 nitrogen and oxygen atoms in total. The van der Waals surface area contributed by atoms with Crippen LogP contribution < -0.4 is 5.73 Å². The number of nitrogens with zero attached hydrogens (tertiary/aromatic N) is 1. The van der Waals surface area contributed by atoms with Gasteiger partial charge in [0.25, 0.3) is 0 Å². The SMILES string of the molecule is CCC1CCCC(N2CCC[C@@H](N)C2)C1. The summed E-state index contributed by atoms with van der Waals surface area (Å²) in [6.45, 7) is 4.80. The highest BCUT2D eigenvalue weighted by Gasteiger charge is 2.28. The minimum absolute atomic E-state index is 0.445. The molecule has 2 N–H and O–H groups in total. The largest absolute Gasteiger partial charge is 0.327 e. The molecule has 1 heterocycles. The predicted molar refractivity (Wildman–Crippen MR) is 64.8 cm³/mol. The molecule has 0 aromatic rings. The second-order valence-electron chi connectivity index (χ2n) is 5.49. The molecule has 1 saturated heterocycles. The minimum atomic E-state index is 0.445. The maximum Gasteiger partial charge on any atom is 0.0168 e. The van der Waals surface area contributed by atoms with Crippen molar-refractivity contribution in [1.29, 1.82) is 0 Å².